The van der Waals surface area contributed by atoms with E-state index in [4.69, 9.17) is 5.73 Å². The molecule has 0 spiro atoms. The number of hydrogen-bond donors (Lipinski definition) is 1. The number of nitrogens with zero attached hydrogens (tertiary/aromatic N) is 3. The number of benzene rings is 1. The Morgan fingerprint density at radius 2 is 2.06 bits per heavy atom. The third-order valence-electron chi connectivity index (χ3n) is 2.83. The summed E-state index contributed by atoms with van der Waals surface area (Å²) >= 11 is 0. The molecule has 0 saturated carbocycles. The zero-order valence-corrected chi connectivity index (χ0v) is 11.2. The molecule has 0 atom stereocenters. The molecule has 0 bridgehead atoms. The molecule has 1 heterocycles. The van der Waals surface area contributed by atoms with Gasteiger partial charge in [0.1, 0.15) is 5.82 Å². The van der Waals surface area contributed by atoms with E-state index in [0.717, 1.165) is 23.8 Å². The molecule has 0 radical (unpaired) electrons. The second-order valence-electron chi connectivity index (χ2n) is 5.02. The van der Waals surface area contributed by atoms with E-state index in [9.17, 15) is 0 Å². The molecule has 18 heavy (non-hydrogen) atoms. The van der Waals surface area contributed by atoms with E-state index >= 15 is 0 Å². The van der Waals surface area contributed by atoms with Gasteiger partial charge in [0.2, 0.25) is 0 Å². The van der Waals surface area contributed by atoms with Crippen LogP contribution in [0.15, 0.2) is 24.3 Å². The Hall–Kier alpha value is -1.68. The minimum Gasteiger partial charge on any atom is -0.324 e. The maximum atomic E-state index is 5.72. The summed E-state index contributed by atoms with van der Waals surface area (Å²) in [6, 6.07) is 8.31. The molecule has 0 fully saturated rings. The van der Waals surface area contributed by atoms with E-state index in [-0.39, 0.29) is 0 Å². The summed E-state index contributed by atoms with van der Waals surface area (Å²) in [4.78, 5) is 0. The van der Waals surface area contributed by atoms with Crippen molar-refractivity contribution in [1.82, 2.24) is 14.8 Å². The van der Waals surface area contributed by atoms with Gasteiger partial charge in [-0.25, -0.2) is 0 Å². The van der Waals surface area contributed by atoms with E-state index in [1.54, 1.807) is 0 Å². The lowest BCUT2D eigenvalue weighted by Gasteiger charge is -2.12. The highest BCUT2D eigenvalue weighted by Crippen LogP contribution is 2.20. The van der Waals surface area contributed by atoms with Crippen molar-refractivity contribution in [3.05, 3.63) is 35.7 Å². The van der Waals surface area contributed by atoms with Gasteiger partial charge in [-0.05, 0) is 18.9 Å². The summed E-state index contributed by atoms with van der Waals surface area (Å²) in [6.45, 7) is 7.76. The van der Waals surface area contributed by atoms with Crippen LogP contribution in [0, 0.1) is 12.8 Å². The number of hydrogen-bond acceptors (Lipinski definition) is 3. The van der Waals surface area contributed by atoms with Crippen molar-refractivity contribution in [3.63, 3.8) is 0 Å². The molecule has 1 aromatic heterocycles. The van der Waals surface area contributed by atoms with Crippen molar-refractivity contribution < 1.29 is 0 Å². The highest BCUT2D eigenvalue weighted by atomic mass is 15.3. The van der Waals surface area contributed by atoms with Crippen LogP contribution in [-0.4, -0.2) is 14.8 Å². The molecule has 0 aliphatic carbocycles. The van der Waals surface area contributed by atoms with Gasteiger partial charge in [0, 0.05) is 12.1 Å². The predicted octanol–water partition coefficient (Wildman–Crippen LogP) is 2.37. The second-order valence-corrected chi connectivity index (χ2v) is 5.02. The van der Waals surface area contributed by atoms with Gasteiger partial charge in [-0.1, -0.05) is 37.6 Å². The Kier molecular flexibility index (Phi) is 3.77. The Bertz CT molecular complexity index is 528. The molecule has 2 N–H and O–H groups in total. The molecule has 2 rings (SSSR count). The Morgan fingerprint density at radius 1 is 1.28 bits per heavy atom. The van der Waals surface area contributed by atoms with Gasteiger partial charge >= 0.3 is 0 Å². The van der Waals surface area contributed by atoms with Crippen LogP contribution in [0.25, 0.3) is 11.4 Å². The molecule has 1 aromatic carbocycles. The lowest BCUT2D eigenvalue weighted by Crippen LogP contribution is -2.13. The molecule has 0 unspecified atom stereocenters. The standard InChI is InChI=1S/C14H20N4/c1-10(2)9-18-13(8-15)16-17-14(18)12-6-4-5-11(3)7-12/h4-7,10H,8-9,15H2,1-3H3. The zero-order valence-electron chi connectivity index (χ0n) is 11.2. The van der Waals surface area contributed by atoms with Crippen LogP contribution in [0.1, 0.15) is 25.2 Å². The lowest BCUT2D eigenvalue weighted by atomic mass is 10.1. The molecular formula is C14H20N4. The summed E-state index contributed by atoms with van der Waals surface area (Å²) in [5.41, 5.74) is 8.05. The van der Waals surface area contributed by atoms with Gasteiger partial charge in [-0.15, -0.1) is 10.2 Å². The van der Waals surface area contributed by atoms with Crippen LogP contribution in [-0.2, 0) is 13.1 Å². The van der Waals surface area contributed by atoms with E-state index in [1.165, 1.54) is 5.56 Å². The van der Waals surface area contributed by atoms with E-state index in [0.29, 0.717) is 12.5 Å². The maximum Gasteiger partial charge on any atom is 0.164 e. The van der Waals surface area contributed by atoms with Gasteiger partial charge in [-0.3, -0.25) is 0 Å². The first-order valence-electron chi connectivity index (χ1n) is 6.31. The lowest BCUT2D eigenvalue weighted by molar-refractivity contribution is 0.510. The topological polar surface area (TPSA) is 56.7 Å². The van der Waals surface area contributed by atoms with Crippen LogP contribution in [0.4, 0.5) is 0 Å². The molecule has 4 nitrogen and oxygen atoms in total. The van der Waals surface area contributed by atoms with E-state index < -0.39 is 0 Å². The molecule has 96 valence electrons. The van der Waals surface area contributed by atoms with Crippen molar-refractivity contribution in [2.24, 2.45) is 11.7 Å². The first-order chi connectivity index (χ1) is 8.61. The van der Waals surface area contributed by atoms with Crippen LogP contribution in [0.3, 0.4) is 0 Å². The Labute approximate surface area is 108 Å². The van der Waals surface area contributed by atoms with Gasteiger partial charge in [0.25, 0.3) is 0 Å². The number of nitrogens with two attached hydrogens (primary N) is 1. The van der Waals surface area contributed by atoms with Crippen molar-refractivity contribution in [1.29, 1.82) is 0 Å². The first-order valence-corrected chi connectivity index (χ1v) is 6.31. The number of aryl methyl sites for hydroxylation is 1. The molecule has 2 aromatic rings. The van der Waals surface area contributed by atoms with Crippen LogP contribution in [0.2, 0.25) is 0 Å². The number of rotatable bonds is 4. The summed E-state index contributed by atoms with van der Waals surface area (Å²) in [7, 11) is 0. The van der Waals surface area contributed by atoms with E-state index in [1.807, 2.05) is 6.07 Å². The zero-order chi connectivity index (χ0) is 13.1. The smallest absolute Gasteiger partial charge is 0.164 e. The van der Waals surface area contributed by atoms with Gasteiger partial charge < -0.3 is 10.3 Å². The fourth-order valence-corrected chi connectivity index (χ4v) is 2.04. The van der Waals surface area contributed by atoms with Crippen molar-refractivity contribution in [3.8, 4) is 11.4 Å². The fourth-order valence-electron chi connectivity index (χ4n) is 2.04. The van der Waals surface area contributed by atoms with E-state index in [2.05, 4.69) is 53.7 Å². The second kappa shape index (κ2) is 5.31. The summed E-state index contributed by atoms with van der Waals surface area (Å²) in [5, 5.41) is 8.47. The van der Waals surface area contributed by atoms with Crippen molar-refractivity contribution in [2.75, 3.05) is 0 Å². The summed E-state index contributed by atoms with van der Waals surface area (Å²) < 4.78 is 2.12. The van der Waals surface area contributed by atoms with Gasteiger partial charge in [-0.2, -0.15) is 0 Å². The predicted molar refractivity (Wildman–Crippen MR) is 72.9 cm³/mol. The van der Waals surface area contributed by atoms with Crippen LogP contribution in [0.5, 0.6) is 0 Å². The molecule has 0 saturated heterocycles. The summed E-state index contributed by atoms with van der Waals surface area (Å²) in [5.74, 6) is 2.29. The minimum absolute atomic E-state index is 0.422. The van der Waals surface area contributed by atoms with Crippen molar-refractivity contribution >= 4 is 0 Å². The van der Waals surface area contributed by atoms with Crippen LogP contribution >= 0.6 is 0 Å². The average molecular weight is 244 g/mol. The Balaban J connectivity index is 2.47. The normalized spacial score (nSPS) is 11.2. The minimum atomic E-state index is 0.422. The first kappa shape index (κ1) is 12.8. The highest BCUT2D eigenvalue weighted by Gasteiger charge is 2.13. The van der Waals surface area contributed by atoms with Crippen LogP contribution < -0.4 is 5.73 Å². The molecule has 0 aliphatic rings. The largest absolute Gasteiger partial charge is 0.324 e. The fraction of sp³-hybridized carbons (Fsp3) is 0.429. The van der Waals surface area contributed by atoms with Gasteiger partial charge in [0.15, 0.2) is 5.82 Å². The molecule has 0 aliphatic heterocycles. The average Bonchev–Trinajstić information content (AvgIpc) is 2.71. The maximum absolute atomic E-state index is 5.72. The highest BCUT2D eigenvalue weighted by molar-refractivity contribution is 5.56. The third-order valence-corrected chi connectivity index (χ3v) is 2.83. The summed E-state index contributed by atoms with van der Waals surface area (Å²) in [6.07, 6.45) is 0. The molecular weight excluding hydrogens is 224 g/mol. The number of aromatic nitrogens is 3. The quantitative estimate of drug-likeness (QED) is 0.898. The Morgan fingerprint density at radius 3 is 2.67 bits per heavy atom. The third kappa shape index (κ3) is 2.59. The van der Waals surface area contributed by atoms with Gasteiger partial charge in [0.05, 0.1) is 6.54 Å². The monoisotopic (exact) mass is 244 g/mol. The SMILES string of the molecule is Cc1cccc(-c2nnc(CN)n2CC(C)C)c1. The molecule has 4 heteroatoms. The molecule has 0 amide bonds. The van der Waals surface area contributed by atoms with Crippen molar-refractivity contribution in [2.45, 2.75) is 33.9 Å².